The van der Waals surface area contributed by atoms with Crippen LogP contribution in [0, 0.1) is 0 Å². The third-order valence-corrected chi connectivity index (χ3v) is 3.73. The lowest BCUT2D eigenvalue weighted by Crippen LogP contribution is -2.12. The largest absolute Gasteiger partial charge is 0.481 e. The Morgan fingerprint density at radius 2 is 2.31 bits per heavy atom. The lowest BCUT2D eigenvalue weighted by Gasteiger charge is -2.12. The molecule has 0 aliphatic rings. The molecule has 0 aliphatic carbocycles. The molecule has 0 aliphatic heterocycles. The average molecular weight is 303 g/mol. The molecule has 0 heterocycles. The van der Waals surface area contributed by atoms with Gasteiger partial charge in [-0.15, -0.1) is 0 Å². The van der Waals surface area contributed by atoms with Gasteiger partial charge in [-0.2, -0.15) is 11.8 Å². The third-order valence-electron chi connectivity index (χ3n) is 2.30. The highest BCUT2D eigenvalue weighted by Crippen LogP contribution is 2.24. The molecule has 0 bridgehead atoms. The highest BCUT2D eigenvalue weighted by Gasteiger charge is 2.19. The van der Waals surface area contributed by atoms with E-state index in [9.17, 15) is 9.90 Å². The SMILES string of the molecule is CCSCCC(C(=O)O)c1cccc(Br)c1. The van der Waals surface area contributed by atoms with Gasteiger partial charge in [0, 0.05) is 4.47 Å². The number of benzene rings is 1. The summed E-state index contributed by atoms with van der Waals surface area (Å²) in [5.41, 5.74) is 0.874. The third kappa shape index (κ3) is 4.18. The van der Waals surface area contributed by atoms with Crippen LogP contribution < -0.4 is 0 Å². The zero-order valence-electron chi connectivity index (χ0n) is 9.15. The molecule has 2 nitrogen and oxygen atoms in total. The summed E-state index contributed by atoms with van der Waals surface area (Å²) >= 11 is 5.14. The van der Waals surface area contributed by atoms with E-state index >= 15 is 0 Å². The van der Waals surface area contributed by atoms with Gasteiger partial charge in [-0.1, -0.05) is 35.0 Å². The first kappa shape index (κ1) is 13.6. The van der Waals surface area contributed by atoms with Crippen molar-refractivity contribution < 1.29 is 9.90 Å². The van der Waals surface area contributed by atoms with Crippen LogP contribution in [0.3, 0.4) is 0 Å². The number of hydrogen-bond acceptors (Lipinski definition) is 2. The number of carboxylic acids is 1. The molecule has 16 heavy (non-hydrogen) atoms. The summed E-state index contributed by atoms with van der Waals surface area (Å²) in [6.45, 7) is 2.08. The van der Waals surface area contributed by atoms with Gasteiger partial charge in [-0.05, 0) is 35.6 Å². The van der Waals surface area contributed by atoms with Crippen LogP contribution in [-0.4, -0.2) is 22.6 Å². The molecule has 0 saturated heterocycles. The van der Waals surface area contributed by atoms with Crippen molar-refractivity contribution in [1.29, 1.82) is 0 Å². The fourth-order valence-corrected chi connectivity index (χ4v) is 2.61. The summed E-state index contributed by atoms with van der Waals surface area (Å²) in [7, 11) is 0. The zero-order chi connectivity index (χ0) is 12.0. The Morgan fingerprint density at radius 1 is 1.56 bits per heavy atom. The minimum Gasteiger partial charge on any atom is -0.481 e. The number of thioether (sulfide) groups is 1. The maximum atomic E-state index is 11.2. The second-order valence-corrected chi connectivity index (χ2v) is 5.74. The molecule has 0 amide bonds. The van der Waals surface area contributed by atoms with E-state index in [2.05, 4.69) is 22.9 Å². The number of hydrogen-bond donors (Lipinski definition) is 1. The first-order valence-corrected chi connectivity index (χ1v) is 7.16. The van der Waals surface area contributed by atoms with Crippen molar-refractivity contribution in [2.45, 2.75) is 19.3 Å². The van der Waals surface area contributed by atoms with Crippen LogP contribution in [0.2, 0.25) is 0 Å². The van der Waals surface area contributed by atoms with Crippen LogP contribution in [0.1, 0.15) is 24.8 Å². The summed E-state index contributed by atoms with van der Waals surface area (Å²) in [5, 5.41) is 9.19. The lowest BCUT2D eigenvalue weighted by atomic mass is 9.97. The predicted molar refractivity (Wildman–Crippen MR) is 72.1 cm³/mol. The van der Waals surface area contributed by atoms with E-state index in [0.29, 0.717) is 6.42 Å². The van der Waals surface area contributed by atoms with Crippen molar-refractivity contribution in [1.82, 2.24) is 0 Å². The molecule has 1 unspecified atom stereocenters. The van der Waals surface area contributed by atoms with Crippen molar-refractivity contribution in [3.05, 3.63) is 34.3 Å². The van der Waals surface area contributed by atoms with Gasteiger partial charge in [0.25, 0.3) is 0 Å². The quantitative estimate of drug-likeness (QED) is 0.813. The maximum absolute atomic E-state index is 11.2. The van der Waals surface area contributed by atoms with E-state index in [1.54, 1.807) is 11.8 Å². The Balaban J connectivity index is 2.73. The van der Waals surface area contributed by atoms with Crippen LogP contribution in [0.25, 0.3) is 0 Å². The van der Waals surface area contributed by atoms with Crippen molar-refractivity contribution in [2.75, 3.05) is 11.5 Å². The highest BCUT2D eigenvalue weighted by atomic mass is 79.9. The molecule has 0 radical (unpaired) electrons. The molecule has 1 aromatic rings. The van der Waals surface area contributed by atoms with Crippen LogP contribution in [0.4, 0.5) is 0 Å². The second kappa shape index (κ2) is 6.97. The molecule has 1 N–H and O–H groups in total. The Hall–Kier alpha value is -0.480. The van der Waals surface area contributed by atoms with E-state index < -0.39 is 11.9 Å². The average Bonchev–Trinajstić information content (AvgIpc) is 2.24. The van der Waals surface area contributed by atoms with E-state index in [1.807, 2.05) is 24.3 Å². The van der Waals surface area contributed by atoms with Crippen molar-refractivity contribution >= 4 is 33.7 Å². The molecule has 0 aromatic heterocycles. The van der Waals surface area contributed by atoms with Gasteiger partial charge < -0.3 is 5.11 Å². The minimum atomic E-state index is -0.741. The molecule has 0 fully saturated rings. The van der Waals surface area contributed by atoms with Crippen molar-refractivity contribution in [3.63, 3.8) is 0 Å². The fraction of sp³-hybridized carbons (Fsp3) is 0.417. The number of rotatable bonds is 6. The monoisotopic (exact) mass is 302 g/mol. The van der Waals surface area contributed by atoms with Gasteiger partial charge >= 0.3 is 5.97 Å². The summed E-state index contributed by atoms with van der Waals surface area (Å²) in [4.78, 5) is 11.2. The molecule has 1 rings (SSSR count). The van der Waals surface area contributed by atoms with Gasteiger partial charge in [-0.3, -0.25) is 4.79 Å². The lowest BCUT2D eigenvalue weighted by molar-refractivity contribution is -0.138. The van der Waals surface area contributed by atoms with Crippen LogP contribution in [-0.2, 0) is 4.79 Å². The number of carboxylic acid groups (broad SMARTS) is 1. The summed E-state index contributed by atoms with van der Waals surface area (Å²) in [5.74, 6) is 0.788. The zero-order valence-corrected chi connectivity index (χ0v) is 11.6. The smallest absolute Gasteiger partial charge is 0.311 e. The molecule has 0 spiro atoms. The topological polar surface area (TPSA) is 37.3 Å². The normalized spacial score (nSPS) is 12.4. The fourth-order valence-electron chi connectivity index (χ4n) is 1.50. The summed E-state index contributed by atoms with van der Waals surface area (Å²) in [6.07, 6.45) is 0.685. The number of aliphatic carboxylic acids is 1. The Labute approximate surface area is 109 Å². The maximum Gasteiger partial charge on any atom is 0.311 e. The molecular weight excluding hydrogens is 288 g/mol. The van der Waals surface area contributed by atoms with Gasteiger partial charge in [-0.25, -0.2) is 0 Å². The number of carbonyl (C=O) groups is 1. The number of halogens is 1. The minimum absolute atomic E-state index is 0.392. The predicted octanol–water partition coefficient (Wildman–Crippen LogP) is 3.76. The van der Waals surface area contributed by atoms with E-state index in [0.717, 1.165) is 21.5 Å². The highest BCUT2D eigenvalue weighted by molar-refractivity contribution is 9.10. The van der Waals surface area contributed by atoms with E-state index in [1.165, 1.54) is 0 Å². The Kier molecular flexibility index (Phi) is 5.91. The molecule has 1 aromatic carbocycles. The van der Waals surface area contributed by atoms with Crippen molar-refractivity contribution in [2.24, 2.45) is 0 Å². The molecular formula is C12H15BrO2S. The van der Waals surface area contributed by atoms with Gasteiger partial charge in [0.15, 0.2) is 0 Å². The van der Waals surface area contributed by atoms with Crippen LogP contribution in [0.5, 0.6) is 0 Å². The van der Waals surface area contributed by atoms with Gasteiger partial charge in [0.05, 0.1) is 5.92 Å². The molecule has 88 valence electrons. The second-order valence-electron chi connectivity index (χ2n) is 3.43. The van der Waals surface area contributed by atoms with E-state index in [-0.39, 0.29) is 0 Å². The first-order valence-electron chi connectivity index (χ1n) is 5.21. The van der Waals surface area contributed by atoms with E-state index in [4.69, 9.17) is 0 Å². The Morgan fingerprint density at radius 3 is 2.88 bits per heavy atom. The van der Waals surface area contributed by atoms with Crippen LogP contribution >= 0.6 is 27.7 Å². The van der Waals surface area contributed by atoms with Gasteiger partial charge in [0.1, 0.15) is 0 Å². The first-order chi connectivity index (χ1) is 7.65. The van der Waals surface area contributed by atoms with Gasteiger partial charge in [0.2, 0.25) is 0 Å². The molecule has 1 atom stereocenters. The molecule has 4 heteroatoms. The summed E-state index contributed by atoms with van der Waals surface area (Å²) < 4.78 is 0.930. The standard InChI is InChI=1S/C12H15BrO2S/c1-2-16-7-6-11(12(14)15)9-4-3-5-10(13)8-9/h3-5,8,11H,2,6-7H2,1H3,(H,14,15). The van der Waals surface area contributed by atoms with Crippen molar-refractivity contribution in [3.8, 4) is 0 Å². The summed E-state index contributed by atoms with van der Waals surface area (Å²) in [6, 6.07) is 7.54. The van der Waals surface area contributed by atoms with Crippen LogP contribution in [0.15, 0.2) is 28.7 Å². The Bertz CT molecular complexity index is 355. The molecule has 0 saturated carbocycles.